The number of nitrogens with zero attached hydrogens (tertiary/aromatic N) is 1. The van der Waals surface area contributed by atoms with Gasteiger partial charge in [-0.25, -0.2) is 4.98 Å². The highest BCUT2D eigenvalue weighted by atomic mass is 32.1. The first kappa shape index (κ1) is 7.78. The Balaban J connectivity index is 3.08. The van der Waals surface area contributed by atoms with E-state index in [0.717, 1.165) is 15.6 Å². The van der Waals surface area contributed by atoms with E-state index < -0.39 is 0 Å². The van der Waals surface area contributed by atoms with E-state index in [-0.39, 0.29) is 6.61 Å². The average molecular weight is 173 g/mol. The number of aliphatic hydroxyl groups is 1. The van der Waals surface area contributed by atoms with Gasteiger partial charge in [0, 0.05) is 5.37 Å². The smallest absolute Gasteiger partial charge is 0.0905 e. The molecule has 0 aliphatic rings. The number of thiocarbonyl (C=S) groups is 1. The fourth-order valence-corrected chi connectivity index (χ4v) is 1.73. The van der Waals surface area contributed by atoms with Crippen LogP contribution in [0.3, 0.4) is 0 Å². The minimum Gasteiger partial charge on any atom is -0.391 e. The van der Waals surface area contributed by atoms with Crippen molar-refractivity contribution in [3.05, 3.63) is 15.6 Å². The lowest BCUT2D eigenvalue weighted by Gasteiger charge is -1.86. The minimum atomic E-state index is 0.0357. The molecule has 0 atom stereocenters. The lowest BCUT2D eigenvalue weighted by atomic mass is 10.4. The monoisotopic (exact) mass is 173 g/mol. The van der Waals surface area contributed by atoms with Crippen LogP contribution in [0.15, 0.2) is 0 Å². The predicted octanol–water partition coefficient (Wildman–Crippen LogP) is 1.29. The second-order valence-corrected chi connectivity index (χ2v) is 3.34. The van der Waals surface area contributed by atoms with Gasteiger partial charge in [-0.1, -0.05) is 12.2 Å². The second kappa shape index (κ2) is 3.18. The molecule has 0 aromatic carbocycles. The summed E-state index contributed by atoms with van der Waals surface area (Å²) in [5, 5.41) is 11.2. The molecule has 0 radical (unpaired) electrons. The molecule has 0 spiro atoms. The standard InChI is InChI=1S/C6H7NOS2/c1-4-7-5(3-9)6(2-8)10-4/h3,8H,2H2,1H3. The summed E-state index contributed by atoms with van der Waals surface area (Å²) in [6.45, 7) is 1.93. The molecule has 1 rings (SSSR count). The van der Waals surface area contributed by atoms with Gasteiger partial charge in [-0.05, 0) is 6.92 Å². The zero-order valence-corrected chi connectivity index (χ0v) is 7.13. The fraction of sp³-hybridized carbons (Fsp3) is 0.333. The van der Waals surface area contributed by atoms with Crippen molar-refractivity contribution < 1.29 is 5.11 Å². The van der Waals surface area contributed by atoms with Crippen LogP contribution >= 0.6 is 23.6 Å². The SMILES string of the molecule is Cc1nc(C=S)c(CO)s1. The number of hydrogen-bond acceptors (Lipinski definition) is 4. The van der Waals surface area contributed by atoms with E-state index in [0.29, 0.717) is 0 Å². The highest BCUT2D eigenvalue weighted by Crippen LogP contribution is 2.15. The first-order valence-corrected chi connectivity index (χ1v) is 4.09. The number of rotatable bonds is 2. The van der Waals surface area contributed by atoms with Crippen LogP contribution in [0.4, 0.5) is 0 Å². The van der Waals surface area contributed by atoms with Crippen LogP contribution in [0, 0.1) is 6.92 Å². The van der Waals surface area contributed by atoms with Crippen molar-refractivity contribution in [2.75, 3.05) is 0 Å². The molecule has 1 aromatic heterocycles. The quantitative estimate of drug-likeness (QED) is 0.684. The summed E-state index contributed by atoms with van der Waals surface area (Å²) in [6, 6.07) is 0. The van der Waals surface area contributed by atoms with Gasteiger partial charge in [-0.2, -0.15) is 0 Å². The summed E-state index contributed by atoms with van der Waals surface area (Å²) < 4.78 is 0. The summed E-state index contributed by atoms with van der Waals surface area (Å²) in [5.74, 6) is 0. The normalized spacial score (nSPS) is 9.80. The maximum Gasteiger partial charge on any atom is 0.0905 e. The molecule has 4 heteroatoms. The molecule has 0 saturated heterocycles. The molecule has 0 fully saturated rings. The molecule has 1 aromatic rings. The molecule has 0 aliphatic carbocycles. The van der Waals surface area contributed by atoms with Crippen molar-refractivity contribution in [2.45, 2.75) is 13.5 Å². The van der Waals surface area contributed by atoms with E-state index in [1.807, 2.05) is 6.92 Å². The Bertz CT molecular complexity index is 244. The van der Waals surface area contributed by atoms with Crippen molar-refractivity contribution in [2.24, 2.45) is 0 Å². The number of aliphatic hydroxyl groups excluding tert-OH is 1. The molecule has 0 aliphatic heterocycles. The highest BCUT2D eigenvalue weighted by Gasteiger charge is 2.03. The number of thiazole rings is 1. The van der Waals surface area contributed by atoms with E-state index in [9.17, 15) is 0 Å². The third kappa shape index (κ3) is 1.39. The topological polar surface area (TPSA) is 33.1 Å². The molecule has 0 bridgehead atoms. The molecular weight excluding hydrogens is 166 g/mol. The molecule has 0 amide bonds. The van der Waals surface area contributed by atoms with Crippen LogP contribution < -0.4 is 0 Å². The third-order valence-electron chi connectivity index (χ3n) is 1.09. The van der Waals surface area contributed by atoms with E-state index in [2.05, 4.69) is 4.98 Å². The first-order chi connectivity index (χ1) is 4.77. The lowest BCUT2D eigenvalue weighted by molar-refractivity contribution is 0.285. The van der Waals surface area contributed by atoms with Crippen molar-refractivity contribution in [1.82, 2.24) is 4.98 Å². The van der Waals surface area contributed by atoms with Crippen molar-refractivity contribution in [3.63, 3.8) is 0 Å². The summed E-state index contributed by atoms with van der Waals surface area (Å²) in [5.41, 5.74) is 0.736. The van der Waals surface area contributed by atoms with Crippen LogP contribution in [0.1, 0.15) is 15.6 Å². The Kier molecular flexibility index (Phi) is 2.48. The number of aryl methyl sites for hydroxylation is 1. The van der Waals surface area contributed by atoms with Gasteiger partial charge in [0.1, 0.15) is 0 Å². The predicted molar refractivity (Wildman–Crippen MR) is 45.5 cm³/mol. The molecular formula is C6H7NOS2. The molecule has 10 heavy (non-hydrogen) atoms. The zero-order valence-electron chi connectivity index (χ0n) is 5.50. The Morgan fingerprint density at radius 1 is 1.80 bits per heavy atom. The van der Waals surface area contributed by atoms with Gasteiger partial charge < -0.3 is 5.11 Å². The molecule has 0 saturated carbocycles. The Morgan fingerprint density at radius 3 is 2.90 bits per heavy atom. The summed E-state index contributed by atoms with van der Waals surface area (Å²) in [7, 11) is 0. The zero-order chi connectivity index (χ0) is 7.56. The van der Waals surface area contributed by atoms with E-state index in [4.69, 9.17) is 17.3 Å². The summed E-state index contributed by atoms with van der Waals surface area (Å²) in [4.78, 5) is 4.95. The van der Waals surface area contributed by atoms with Crippen molar-refractivity contribution in [3.8, 4) is 0 Å². The van der Waals surface area contributed by atoms with Crippen LogP contribution in [0.25, 0.3) is 0 Å². The first-order valence-electron chi connectivity index (χ1n) is 2.80. The van der Waals surface area contributed by atoms with Gasteiger partial charge in [0.2, 0.25) is 0 Å². The largest absolute Gasteiger partial charge is 0.391 e. The number of hydrogen-bond donors (Lipinski definition) is 1. The lowest BCUT2D eigenvalue weighted by Crippen LogP contribution is -1.85. The van der Waals surface area contributed by atoms with Gasteiger partial charge in [-0.15, -0.1) is 11.3 Å². The van der Waals surface area contributed by atoms with Crippen LogP contribution in [0.2, 0.25) is 0 Å². The molecule has 54 valence electrons. The number of aromatic nitrogens is 1. The van der Waals surface area contributed by atoms with Crippen LogP contribution in [-0.4, -0.2) is 15.5 Å². The van der Waals surface area contributed by atoms with E-state index in [1.165, 1.54) is 16.7 Å². The molecule has 1 N–H and O–H groups in total. The molecule has 2 nitrogen and oxygen atoms in total. The van der Waals surface area contributed by atoms with E-state index in [1.54, 1.807) is 0 Å². The Labute approximate surface area is 68.5 Å². The maximum absolute atomic E-state index is 8.77. The Hall–Kier alpha value is -0.320. The Morgan fingerprint density at radius 2 is 2.50 bits per heavy atom. The minimum absolute atomic E-state index is 0.0357. The highest BCUT2D eigenvalue weighted by molar-refractivity contribution is 7.79. The van der Waals surface area contributed by atoms with E-state index >= 15 is 0 Å². The van der Waals surface area contributed by atoms with Gasteiger partial charge >= 0.3 is 0 Å². The molecule has 0 unspecified atom stereocenters. The van der Waals surface area contributed by atoms with Gasteiger partial charge in [0.05, 0.1) is 22.2 Å². The van der Waals surface area contributed by atoms with Gasteiger partial charge in [0.15, 0.2) is 0 Å². The fourth-order valence-electron chi connectivity index (χ4n) is 0.691. The molecule has 1 heterocycles. The second-order valence-electron chi connectivity index (χ2n) is 1.82. The van der Waals surface area contributed by atoms with Crippen LogP contribution in [-0.2, 0) is 6.61 Å². The van der Waals surface area contributed by atoms with Crippen molar-refractivity contribution in [1.29, 1.82) is 0 Å². The summed E-state index contributed by atoms with van der Waals surface area (Å²) in [6.07, 6.45) is 0. The van der Waals surface area contributed by atoms with Gasteiger partial charge in [0.25, 0.3) is 0 Å². The third-order valence-corrected chi connectivity index (χ3v) is 2.28. The average Bonchev–Trinajstić information content (AvgIpc) is 2.30. The summed E-state index contributed by atoms with van der Waals surface area (Å²) >= 11 is 6.17. The van der Waals surface area contributed by atoms with Crippen molar-refractivity contribution >= 4 is 28.9 Å². The maximum atomic E-state index is 8.77. The van der Waals surface area contributed by atoms with Gasteiger partial charge in [-0.3, -0.25) is 0 Å². The van der Waals surface area contributed by atoms with Crippen LogP contribution in [0.5, 0.6) is 0 Å².